The average Bonchev–Trinajstić information content (AvgIpc) is 2.62. The number of methoxy groups -OCH3 is 1. The van der Waals surface area contributed by atoms with E-state index in [9.17, 15) is 4.39 Å². The van der Waals surface area contributed by atoms with Gasteiger partial charge in [-0.05, 0) is 73.2 Å². The number of anilines is 2. The minimum absolute atomic E-state index is 0.296. The fourth-order valence-corrected chi connectivity index (χ4v) is 2.55. The molecule has 7 heteroatoms. The van der Waals surface area contributed by atoms with Crippen molar-refractivity contribution in [3.05, 3.63) is 59.9 Å². The first-order valence-electron chi connectivity index (χ1n) is 7.59. The van der Waals surface area contributed by atoms with Crippen LogP contribution in [0.5, 0.6) is 5.75 Å². The van der Waals surface area contributed by atoms with Crippen LogP contribution in [0.15, 0.2) is 48.5 Å². The highest BCUT2D eigenvalue weighted by Crippen LogP contribution is 2.24. The first-order chi connectivity index (χ1) is 12.0. The molecule has 25 heavy (non-hydrogen) atoms. The SMILES string of the molecule is COc1ccc2nc(NNC(=S)Nc3ccc(F)cc3)cc(C)c2c1. The third-order valence-corrected chi connectivity index (χ3v) is 3.83. The lowest BCUT2D eigenvalue weighted by molar-refractivity contribution is 0.415. The Hall–Kier alpha value is -2.93. The second-order valence-electron chi connectivity index (χ2n) is 5.42. The number of rotatable bonds is 4. The molecule has 0 unspecified atom stereocenters. The number of hydrogen-bond donors (Lipinski definition) is 3. The van der Waals surface area contributed by atoms with E-state index in [1.807, 2.05) is 31.2 Å². The van der Waals surface area contributed by atoms with Gasteiger partial charge in [0.25, 0.3) is 0 Å². The van der Waals surface area contributed by atoms with Crippen LogP contribution in [0, 0.1) is 12.7 Å². The van der Waals surface area contributed by atoms with Crippen LogP contribution in [0.25, 0.3) is 10.9 Å². The van der Waals surface area contributed by atoms with E-state index in [4.69, 9.17) is 17.0 Å². The zero-order valence-corrected chi connectivity index (χ0v) is 14.6. The van der Waals surface area contributed by atoms with E-state index in [0.29, 0.717) is 16.6 Å². The molecule has 0 saturated heterocycles. The molecule has 3 aromatic rings. The van der Waals surface area contributed by atoms with Gasteiger partial charge < -0.3 is 10.1 Å². The summed E-state index contributed by atoms with van der Waals surface area (Å²) in [5, 5.41) is 4.33. The number of hydrazine groups is 1. The van der Waals surface area contributed by atoms with Crippen LogP contribution in [0.2, 0.25) is 0 Å². The van der Waals surface area contributed by atoms with Gasteiger partial charge in [-0.15, -0.1) is 0 Å². The normalized spacial score (nSPS) is 10.4. The molecule has 3 rings (SSSR count). The van der Waals surface area contributed by atoms with Crippen molar-refractivity contribution >= 4 is 39.7 Å². The van der Waals surface area contributed by atoms with Crippen LogP contribution >= 0.6 is 12.2 Å². The largest absolute Gasteiger partial charge is 0.497 e. The number of halogens is 1. The van der Waals surface area contributed by atoms with Gasteiger partial charge in [0, 0.05) is 11.1 Å². The Labute approximate surface area is 150 Å². The van der Waals surface area contributed by atoms with Crippen LogP contribution < -0.4 is 20.9 Å². The lowest BCUT2D eigenvalue weighted by Crippen LogP contribution is -2.33. The Morgan fingerprint density at radius 1 is 1.12 bits per heavy atom. The third-order valence-electron chi connectivity index (χ3n) is 3.63. The summed E-state index contributed by atoms with van der Waals surface area (Å²) in [7, 11) is 1.64. The number of nitrogens with zero attached hydrogens (tertiary/aromatic N) is 1. The Bertz CT molecular complexity index is 915. The van der Waals surface area contributed by atoms with Gasteiger partial charge in [0.15, 0.2) is 5.11 Å². The summed E-state index contributed by atoms with van der Waals surface area (Å²) in [6.45, 7) is 2.00. The Morgan fingerprint density at radius 3 is 2.60 bits per heavy atom. The molecule has 1 heterocycles. The second-order valence-corrected chi connectivity index (χ2v) is 5.83. The fraction of sp³-hybridized carbons (Fsp3) is 0.111. The number of pyridine rings is 1. The molecule has 0 bridgehead atoms. The van der Waals surface area contributed by atoms with Crippen LogP contribution in [-0.2, 0) is 0 Å². The Balaban J connectivity index is 1.68. The summed E-state index contributed by atoms with van der Waals surface area (Å²) in [5.41, 5.74) is 8.43. The Kier molecular flexibility index (Phi) is 4.95. The van der Waals surface area contributed by atoms with E-state index in [2.05, 4.69) is 21.2 Å². The van der Waals surface area contributed by atoms with Gasteiger partial charge in [-0.25, -0.2) is 9.37 Å². The second kappa shape index (κ2) is 7.31. The molecule has 0 aliphatic carbocycles. The molecular formula is C18H17FN4OS. The molecule has 0 amide bonds. The van der Waals surface area contributed by atoms with Gasteiger partial charge in [0.1, 0.15) is 17.4 Å². The highest BCUT2D eigenvalue weighted by Gasteiger charge is 2.05. The van der Waals surface area contributed by atoms with E-state index in [1.54, 1.807) is 19.2 Å². The van der Waals surface area contributed by atoms with Crippen LogP contribution in [0.3, 0.4) is 0 Å². The molecule has 128 valence electrons. The summed E-state index contributed by atoms with van der Waals surface area (Å²) in [6, 6.07) is 13.6. The summed E-state index contributed by atoms with van der Waals surface area (Å²) < 4.78 is 18.1. The quantitative estimate of drug-likeness (QED) is 0.485. The minimum atomic E-state index is -0.296. The number of ether oxygens (including phenoxy) is 1. The molecule has 0 radical (unpaired) electrons. The molecule has 5 nitrogen and oxygen atoms in total. The predicted molar refractivity (Wildman–Crippen MR) is 102 cm³/mol. The summed E-state index contributed by atoms with van der Waals surface area (Å²) in [5.74, 6) is 1.13. The van der Waals surface area contributed by atoms with Crippen LogP contribution in [0.1, 0.15) is 5.56 Å². The fourth-order valence-electron chi connectivity index (χ4n) is 2.38. The number of hydrogen-bond acceptors (Lipinski definition) is 4. The average molecular weight is 356 g/mol. The van der Waals surface area contributed by atoms with Gasteiger partial charge in [-0.2, -0.15) is 0 Å². The van der Waals surface area contributed by atoms with Crippen LogP contribution in [-0.4, -0.2) is 17.2 Å². The molecule has 0 fully saturated rings. The van der Waals surface area contributed by atoms with E-state index in [-0.39, 0.29) is 5.82 Å². The van der Waals surface area contributed by atoms with Crippen molar-refractivity contribution in [3.63, 3.8) is 0 Å². The monoisotopic (exact) mass is 356 g/mol. The van der Waals surface area contributed by atoms with E-state index < -0.39 is 0 Å². The molecule has 1 aromatic heterocycles. The molecule has 0 spiro atoms. The van der Waals surface area contributed by atoms with Crippen molar-refractivity contribution in [3.8, 4) is 5.75 Å². The lowest BCUT2D eigenvalue weighted by atomic mass is 10.1. The van der Waals surface area contributed by atoms with Crippen molar-refractivity contribution in [1.29, 1.82) is 0 Å². The zero-order chi connectivity index (χ0) is 17.8. The zero-order valence-electron chi connectivity index (χ0n) is 13.8. The van der Waals surface area contributed by atoms with Gasteiger partial charge >= 0.3 is 0 Å². The maximum Gasteiger partial charge on any atom is 0.189 e. The van der Waals surface area contributed by atoms with E-state index in [0.717, 1.165) is 22.2 Å². The number of aromatic nitrogens is 1. The van der Waals surface area contributed by atoms with Crippen molar-refractivity contribution < 1.29 is 9.13 Å². The molecule has 0 aliphatic heterocycles. The van der Waals surface area contributed by atoms with Crippen molar-refractivity contribution in [2.45, 2.75) is 6.92 Å². The molecular weight excluding hydrogens is 339 g/mol. The Morgan fingerprint density at radius 2 is 1.88 bits per heavy atom. The molecule has 3 N–H and O–H groups in total. The topological polar surface area (TPSA) is 58.2 Å². The molecule has 0 aliphatic rings. The van der Waals surface area contributed by atoms with Crippen molar-refractivity contribution in [1.82, 2.24) is 10.4 Å². The van der Waals surface area contributed by atoms with Gasteiger partial charge in [0.2, 0.25) is 0 Å². The van der Waals surface area contributed by atoms with Crippen molar-refractivity contribution in [2.24, 2.45) is 0 Å². The predicted octanol–water partition coefficient (Wildman–Crippen LogP) is 4.00. The summed E-state index contributed by atoms with van der Waals surface area (Å²) in [6.07, 6.45) is 0. The highest BCUT2D eigenvalue weighted by molar-refractivity contribution is 7.80. The maximum absolute atomic E-state index is 12.9. The van der Waals surface area contributed by atoms with E-state index in [1.165, 1.54) is 12.1 Å². The first-order valence-corrected chi connectivity index (χ1v) is 8.00. The maximum atomic E-state index is 12.9. The molecule has 0 atom stereocenters. The number of fused-ring (bicyclic) bond motifs is 1. The summed E-state index contributed by atoms with van der Waals surface area (Å²) >= 11 is 5.21. The summed E-state index contributed by atoms with van der Waals surface area (Å²) in [4.78, 5) is 4.54. The van der Waals surface area contributed by atoms with Gasteiger partial charge in [-0.3, -0.25) is 10.9 Å². The number of benzene rings is 2. The third kappa shape index (κ3) is 4.13. The van der Waals surface area contributed by atoms with Gasteiger partial charge in [-0.1, -0.05) is 0 Å². The van der Waals surface area contributed by atoms with E-state index >= 15 is 0 Å². The standard InChI is InChI=1S/C18H17FN4OS/c1-11-9-17(21-16-8-7-14(24-2)10-15(11)16)22-23-18(25)20-13-5-3-12(19)4-6-13/h3-10H,1-2H3,(H,21,22)(H2,20,23,25). The number of nitrogens with one attached hydrogen (secondary N) is 3. The van der Waals surface area contributed by atoms with Crippen molar-refractivity contribution in [2.75, 3.05) is 17.9 Å². The highest BCUT2D eigenvalue weighted by atomic mass is 32.1. The number of aryl methyl sites for hydroxylation is 1. The number of thiocarbonyl (C=S) groups is 1. The van der Waals surface area contributed by atoms with Crippen LogP contribution in [0.4, 0.5) is 15.9 Å². The molecule has 0 saturated carbocycles. The first kappa shape index (κ1) is 16.9. The molecule has 2 aromatic carbocycles. The smallest absolute Gasteiger partial charge is 0.189 e. The minimum Gasteiger partial charge on any atom is -0.497 e. The van der Waals surface area contributed by atoms with Gasteiger partial charge in [0.05, 0.1) is 12.6 Å². The lowest BCUT2D eigenvalue weighted by Gasteiger charge is -2.13.